The zero-order valence-corrected chi connectivity index (χ0v) is 13.6. The van der Waals surface area contributed by atoms with Crippen molar-refractivity contribution < 1.29 is 0 Å². The molecule has 2 aliphatic heterocycles. The Labute approximate surface area is 126 Å². The molecule has 0 aromatic rings. The molecule has 0 bridgehead atoms. The highest BCUT2D eigenvalue weighted by Crippen LogP contribution is 2.26. The van der Waals surface area contributed by atoms with Gasteiger partial charge in [-0.1, -0.05) is 12.8 Å². The summed E-state index contributed by atoms with van der Waals surface area (Å²) in [5.41, 5.74) is 6.06. The molecule has 2 heterocycles. The number of nitrogens with zero attached hydrogens (tertiary/aromatic N) is 2. The van der Waals surface area contributed by atoms with E-state index in [4.69, 9.17) is 5.73 Å². The van der Waals surface area contributed by atoms with Crippen LogP contribution in [0.4, 0.5) is 0 Å². The Morgan fingerprint density at radius 1 is 1.18 bits per heavy atom. The number of rotatable bonds is 2. The van der Waals surface area contributed by atoms with Gasteiger partial charge in [0.15, 0.2) is 5.96 Å². The standard InChI is InChI=1S/C12H23N3S.HI/c13-12(14-10-11-6-5-9-16-11)15-7-3-1-2-4-8-15;/h11H,1-10H2,(H2,13,14);1H. The first-order chi connectivity index (χ1) is 7.86. The molecule has 0 spiro atoms. The number of hydrogen-bond acceptors (Lipinski definition) is 2. The van der Waals surface area contributed by atoms with Gasteiger partial charge in [-0.2, -0.15) is 11.8 Å². The second kappa shape index (κ2) is 8.45. The third-order valence-corrected chi connectivity index (χ3v) is 4.79. The molecule has 2 rings (SSSR count). The Balaban J connectivity index is 0.00000144. The highest BCUT2D eigenvalue weighted by atomic mass is 127. The van der Waals surface area contributed by atoms with E-state index in [1.807, 2.05) is 0 Å². The summed E-state index contributed by atoms with van der Waals surface area (Å²) in [7, 11) is 0. The molecule has 0 aromatic carbocycles. The molecular weight excluding hydrogens is 345 g/mol. The van der Waals surface area contributed by atoms with Gasteiger partial charge in [0.1, 0.15) is 0 Å². The minimum atomic E-state index is 0. The fraction of sp³-hybridized carbons (Fsp3) is 0.917. The zero-order valence-electron chi connectivity index (χ0n) is 10.4. The molecule has 0 saturated carbocycles. The van der Waals surface area contributed by atoms with E-state index in [1.165, 1.54) is 44.3 Å². The van der Waals surface area contributed by atoms with Crippen molar-refractivity contribution in [2.75, 3.05) is 25.4 Å². The summed E-state index contributed by atoms with van der Waals surface area (Å²) >= 11 is 2.05. The molecule has 2 fully saturated rings. The predicted octanol–water partition coefficient (Wildman–Crippen LogP) is 2.69. The SMILES string of the molecule is I.NC(=NCC1CCCS1)N1CCCCCC1. The summed E-state index contributed by atoms with van der Waals surface area (Å²) in [4.78, 5) is 6.84. The molecule has 3 nitrogen and oxygen atoms in total. The van der Waals surface area contributed by atoms with E-state index >= 15 is 0 Å². The van der Waals surface area contributed by atoms with Crippen molar-refractivity contribution in [2.45, 2.75) is 43.8 Å². The maximum Gasteiger partial charge on any atom is 0.191 e. The molecule has 5 heteroatoms. The Hall–Kier alpha value is 0.350. The second-order valence-corrected chi connectivity index (χ2v) is 6.14. The monoisotopic (exact) mass is 369 g/mol. The maximum atomic E-state index is 6.06. The summed E-state index contributed by atoms with van der Waals surface area (Å²) in [5.74, 6) is 2.10. The van der Waals surface area contributed by atoms with Crippen LogP contribution in [0.2, 0.25) is 0 Å². The van der Waals surface area contributed by atoms with E-state index < -0.39 is 0 Å². The molecule has 0 amide bonds. The average molecular weight is 369 g/mol. The molecule has 0 aliphatic carbocycles. The largest absolute Gasteiger partial charge is 0.370 e. The van der Waals surface area contributed by atoms with Gasteiger partial charge in [0, 0.05) is 18.3 Å². The quantitative estimate of drug-likeness (QED) is 0.462. The van der Waals surface area contributed by atoms with Gasteiger partial charge in [-0.15, -0.1) is 24.0 Å². The molecule has 0 aromatic heterocycles. The Morgan fingerprint density at radius 3 is 2.47 bits per heavy atom. The number of likely N-dealkylation sites (tertiary alicyclic amines) is 1. The van der Waals surface area contributed by atoms with E-state index in [0.717, 1.165) is 30.8 Å². The smallest absolute Gasteiger partial charge is 0.191 e. The van der Waals surface area contributed by atoms with E-state index in [2.05, 4.69) is 21.7 Å². The van der Waals surface area contributed by atoms with Crippen LogP contribution in [-0.2, 0) is 0 Å². The van der Waals surface area contributed by atoms with Crippen molar-refractivity contribution in [1.82, 2.24) is 4.90 Å². The Kier molecular flexibility index (Phi) is 7.66. The number of nitrogens with two attached hydrogens (primary N) is 1. The third-order valence-electron chi connectivity index (χ3n) is 3.41. The zero-order chi connectivity index (χ0) is 11.2. The van der Waals surface area contributed by atoms with Gasteiger partial charge in [-0.05, 0) is 31.4 Å². The summed E-state index contributed by atoms with van der Waals surface area (Å²) in [6.45, 7) is 3.13. The van der Waals surface area contributed by atoms with Crippen molar-refractivity contribution >= 4 is 41.7 Å². The number of hydrogen-bond donors (Lipinski definition) is 1. The summed E-state index contributed by atoms with van der Waals surface area (Å²) in [6, 6.07) is 0. The molecule has 1 unspecified atom stereocenters. The lowest BCUT2D eigenvalue weighted by atomic mass is 10.2. The second-order valence-electron chi connectivity index (χ2n) is 4.74. The van der Waals surface area contributed by atoms with Crippen LogP contribution in [0.5, 0.6) is 0 Å². The molecule has 2 aliphatic rings. The Bertz CT molecular complexity index is 234. The molecule has 2 N–H and O–H groups in total. The fourth-order valence-corrected chi connectivity index (χ4v) is 3.56. The van der Waals surface area contributed by atoms with Gasteiger partial charge >= 0.3 is 0 Å². The van der Waals surface area contributed by atoms with Crippen LogP contribution in [-0.4, -0.2) is 41.5 Å². The van der Waals surface area contributed by atoms with Gasteiger partial charge in [0.05, 0.1) is 6.54 Å². The van der Waals surface area contributed by atoms with Crippen molar-refractivity contribution in [3.05, 3.63) is 0 Å². The average Bonchev–Trinajstić information content (AvgIpc) is 2.66. The van der Waals surface area contributed by atoms with Gasteiger partial charge in [-0.25, -0.2) is 0 Å². The summed E-state index contributed by atoms with van der Waals surface area (Å²) in [6.07, 6.45) is 7.92. The number of halogens is 1. The van der Waals surface area contributed by atoms with E-state index in [-0.39, 0.29) is 24.0 Å². The third kappa shape index (κ3) is 5.24. The minimum Gasteiger partial charge on any atom is -0.370 e. The molecule has 2 saturated heterocycles. The highest BCUT2D eigenvalue weighted by molar-refractivity contribution is 14.0. The summed E-state index contributed by atoms with van der Waals surface area (Å²) < 4.78 is 0. The van der Waals surface area contributed by atoms with Crippen molar-refractivity contribution in [3.8, 4) is 0 Å². The van der Waals surface area contributed by atoms with Gasteiger partial charge < -0.3 is 10.6 Å². The first-order valence-corrected chi connectivity index (χ1v) is 7.57. The van der Waals surface area contributed by atoms with Gasteiger partial charge in [-0.3, -0.25) is 4.99 Å². The maximum absolute atomic E-state index is 6.06. The first-order valence-electron chi connectivity index (χ1n) is 6.53. The summed E-state index contributed by atoms with van der Waals surface area (Å²) in [5, 5.41) is 0.727. The van der Waals surface area contributed by atoms with E-state index in [0.29, 0.717) is 0 Å². The molecule has 17 heavy (non-hydrogen) atoms. The fourth-order valence-electron chi connectivity index (χ4n) is 2.38. The lowest BCUT2D eigenvalue weighted by Gasteiger charge is -2.21. The van der Waals surface area contributed by atoms with Crippen molar-refractivity contribution in [2.24, 2.45) is 10.7 Å². The molecular formula is C12H24IN3S. The number of guanidine groups is 1. The lowest BCUT2D eigenvalue weighted by molar-refractivity contribution is 0.428. The van der Waals surface area contributed by atoms with Crippen LogP contribution in [0.1, 0.15) is 38.5 Å². The van der Waals surface area contributed by atoms with Crippen molar-refractivity contribution in [1.29, 1.82) is 0 Å². The minimum absolute atomic E-state index is 0. The molecule has 0 radical (unpaired) electrons. The number of thioether (sulfide) groups is 1. The lowest BCUT2D eigenvalue weighted by Crippen LogP contribution is -2.38. The van der Waals surface area contributed by atoms with Crippen LogP contribution >= 0.6 is 35.7 Å². The van der Waals surface area contributed by atoms with Gasteiger partial charge in [0.25, 0.3) is 0 Å². The highest BCUT2D eigenvalue weighted by Gasteiger charge is 2.16. The van der Waals surface area contributed by atoms with Crippen LogP contribution in [0, 0.1) is 0 Å². The van der Waals surface area contributed by atoms with Crippen LogP contribution in [0.15, 0.2) is 4.99 Å². The van der Waals surface area contributed by atoms with Crippen LogP contribution in [0.25, 0.3) is 0 Å². The first kappa shape index (κ1) is 15.4. The van der Waals surface area contributed by atoms with Gasteiger partial charge in [0.2, 0.25) is 0 Å². The van der Waals surface area contributed by atoms with Crippen LogP contribution < -0.4 is 5.73 Å². The number of aliphatic imine (C=N–C) groups is 1. The Morgan fingerprint density at radius 2 is 1.88 bits per heavy atom. The molecule has 100 valence electrons. The normalized spacial score (nSPS) is 26.5. The van der Waals surface area contributed by atoms with E-state index in [1.54, 1.807) is 0 Å². The van der Waals surface area contributed by atoms with E-state index in [9.17, 15) is 0 Å². The predicted molar refractivity (Wildman–Crippen MR) is 87.4 cm³/mol. The molecule has 1 atom stereocenters. The van der Waals surface area contributed by atoms with Crippen LogP contribution in [0.3, 0.4) is 0 Å². The van der Waals surface area contributed by atoms with Crippen molar-refractivity contribution in [3.63, 3.8) is 0 Å². The topological polar surface area (TPSA) is 41.6 Å².